The van der Waals surface area contributed by atoms with E-state index in [1.807, 2.05) is 23.1 Å². The Morgan fingerprint density at radius 2 is 1.63 bits per heavy atom. The van der Waals surface area contributed by atoms with Gasteiger partial charge >= 0.3 is 26.2 Å². The van der Waals surface area contributed by atoms with E-state index in [1.54, 1.807) is 11.3 Å². The molecule has 0 amide bonds. The standard InChI is InChI=1S/C22H10Br2S3.2ClH.Zr/c23-13-1-2-14-11(5-13)6-17-19(14)10-26-22(17)27-21-16-7-12-8-25-9-18(12)15(16)3-4-20(21)24;;;/h1-10H;2*1H;/q-2;;;+4/p-2. The molecule has 0 unspecified atom stereocenters. The van der Waals surface area contributed by atoms with E-state index in [0.717, 1.165) is 8.95 Å². The molecule has 2 aromatic carbocycles. The van der Waals surface area contributed by atoms with Gasteiger partial charge in [-0.15, -0.1) is 51.5 Å². The molecule has 2 aliphatic heterocycles. The van der Waals surface area contributed by atoms with Crippen LogP contribution in [0.25, 0.3) is 43.8 Å². The van der Waals surface area contributed by atoms with Crippen molar-refractivity contribution < 1.29 is 51.0 Å². The molecule has 6 rings (SSSR count). The molecule has 0 spiro atoms. The van der Waals surface area contributed by atoms with E-state index in [1.165, 1.54) is 52.9 Å². The van der Waals surface area contributed by atoms with E-state index >= 15 is 0 Å². The van der Waals surface area contributed by atoms with Gasteiger partial charge in [0.25, 0.3) is 0 Å². The van der Waals surface area contributed by atoms with Crippen LogP contribution in [0.15, 0.2) is 76.7 Å². The molecule has 0 nitrogen and oxygen atoms in total. The fraction of sp³-hybridized carbons (Fsp3) is 0. The Kier molecular flexibility index (Phi) is 8.07. The Hall–Kier alpha value is 0.353. The van der Waals surface area contributed by atoms with Crippen LogP contribution < -0.4 is 24.8 Å². The Morgan fingerprint density at radius 3 is 2.47 bits per heavy atom. The van der Waals surface area contributed by atoms with E-state index in [-0.39, 0.29) is 51.0 Å². The van der Waals surface area contributed by atoms with Gasteiger partial charge in [0, 0.05) is 13.8 Å². The summed E-state index contributed by atoms with van der Waals surface area (Å²) in [6.07, 6.45) is 0. The predicted molar refractivity (Wildman–Crippen MR) is 128 cm³/mol. The van der Waals surface area contributed by atoms with Gasteiger partial charge in [-0.3, -0.25) is 11.3 Å². The van der Waals surface area contributed by atoms with Crippen LogP contribution in [-0.4, -0.2) is 0 Å². The summed E-state index contributed by atoms with van der Waals surface area (Å²) >= 11 is 12.9. The van der Waals surface area contributed by atoms with Crippen LogP contribution in [0.3, 0.4) is 0 Å². The molecule has 8 heteroatoms. The summed E-state index contributed by atoms with van der Waals surface area (Å²) in [4.78, 5) is 1.31. The van der Waals surface area contributed by atoms with Crippen LogP contribution in [-0.2, 0) is 26.2 Å². The van der Waals surface area contributed by atoms with Gasteiger partial charge in [0.1, 0.15) is 0 Å². The topological polar surface area (TPSA) is 0 Å². The summed E-state index contributed by atoms with van der Waals surface area (Å²) in [5.41, 5.74) is 5.42. The normalized spacial score (nSPS) is 11.0. The molecule has 30 heavy (non-hydrogen) atoms. The first-order valence-corrected chi connectivity index (χ1v) is 12.6. The van der Waals surface area contributed by atoms with Gasteiger partial charge in [0.05, 0.1) is 0 Å². The van der Waals surface area contributed by atoms with Gasteiger partial charge < -0.3 is 24.8 Å². The molecule has 0 bridgehead atoms. The molecular weight excluding hydrogens is 682 g/mol. The maximum Gasteiger partial charge on any atom is 4.00 e. The molecule has 0 aromatic heterocycles. The zero-order valence-electron chi connectivity index (χ0n) is 15.0. The van der Waals surface area contributed by atoms with Crippen molar-refractivity contribution in [1.29, 1.82) is 0 Å². The molecule has 2 heterocycles. The maximum atomic E-state index is 3.80. The molecule has 0 saturated heterocycles. The Balaban J connectivity index is 0.000000853. The summed E-state index contributed by atoms with van der Waals surface area (Å²) in [5.74, 6) is 0. The van der Waals surface area contributed by atoms with Crippen LogP contribution in [0, 0.1) is 0 Å². The van der Waals surface area contributed by atoms with Crippen molar-refractivity contribution in [2.75, 3.05) is 0 Å². The fourth-order valence-electron chi connectivity index (χ4n) is 3.77. The Morgan fingerprint density at radius 1 is 0.833 bits per heavy atom. The monoisotopic (exact) mass is 688 g/mol. The minimum absolute atomic E-state index is 0. The second-order valence-corrected chi connectivity index (χ2v) is 11.2. The van der Waals surface area contributed by atoms with Gasteiger partial charge in [-0.25, -0.2) is 11.3 Å². The number of thiophene rings is 2. The van der Waals surface area contributed by atoms with E-state index < -0.39 is 0 Å². The third-order valence-corrected chi connectivity index (χ3v) is 9.58. The second-order valence-electron chi connectivity index (χ2n) is 6.55. The third kappa shape index (κ3) is 3.94. The van der Waals surface area contributed by atoms with Crippen LogP contribution in [0.4, 0.5) is 0 Å². The number of hydrogen-bond donors (Lipinski definition) is 0. The second kappa shape index (κ2) is 9.69. The molecule has 0 fully saturated rings. The number of rotatable bonds is 2. The molecule has 0 N–H and O–H groups in total. The van der Waals surface area contributed by atoms with Crippen LogP contribution in [0.2, 0.25) is 0 Å². The van der Waals surface area contributed by atoms with Crippen molar-refractivity contribution in [3.63, 3.8) is 0 Å². The van der Waals surface area contributed by atoms with Gasteiger partial charge in [0.15, 0.2) is 0 Å². The first-order valence-electron chi connectivity index (χ1n) is 8.37. The summed E-state index contributed by atoms with van der Waals surface area (Å²) in [7, 11) is 0. The summed E-state index contributed by atoms with van der Waals surface area (Å²) in [6, 6.07) is 15.6. The third-order valence-electron chi connectivity index (χ3n) is 5.02. The zero-order valence-corrected chi connectivity index (χ0v) is 24.6. The van der Waals surface area contributed by atoms with Crippen LogP contribution in [0.5, 0.6) is 0 Å². The van der Waals surface area contributed by atoms with E-state index in [4.69, 9.17) is 0 Å². The van der Waals surface area contributed by atoms with E-state index in [0.29, 0.717) is 0 Å². The number of fused-ring (bicyclic) bond motifs is 6. The predicted octanol–water partition coefficient (Wildman–Crippen LogP) is 3.45. The molecular formula is C22H10Br2Cl2S3Zr. The number of hydrogen-bond acceptors (Lipinski definition) is 3. The smallest absolute Gasteiger partial charge is 1.00 e. The average molecular weight is 692 g/mol. The summed E-state index contributed by atoms with van der Waals surface area (Å²) in [6.45, 7) is 0. The van der Waals surface area contributed by atoms with Crippen molar-refractivity contribution in [2.24, 2.45) is 0 Å². The van der Waals surface area contributed by atoms with Crippen molar-refractivity contribution in [1.82, 2.24) is 0 Å². The van der Waals surface area contributed by atoms with Crippen molar-refractivity contribution >= 4 is 87.8 Å². The summed E-state index contributed by atoms with van der Waals surface area (Å²) < 4.78 is 3.65. The number of benzene rings is 2. The molecule has 148 valence electrons. The molecule has 2 aromatic rings. The van der Waals surface area contributed by atoms with Crippen molar-refractivity contribution in [3.8, 4) is 22.3 Å². The fourth-order valence-corrected chi connectivity index (χ4v) is 7.81. The largest absolute Gasteiger partial charge is 4.00 e. The Bertz CT molecular complexity index is 1390. The van der Waals surface area contributed by atoms with Crippen molar-refractivity contribution in [2.45, 2.75) is 9.10 Å². The van der Waals surface area contributed by atoms with E-state index in [2.05, 4.69) is 90.5 Å². The first-order chi connectivity index (χ1) is 13.2. The maximum absolute atomic E-state index is 3.80. The molecule has 4 aliphatic rings. The first kappa shape index (κ1) is 25.0. The average Bonchev–Trinajstić information content (AvgIpc) is 3.38. The minimum Gasteiger partial charge on any atom is -1.00 e. The molecule has 0 atom stereocenters. The minimum atomic E-state index is 0. The van der Waals surface area contributed by atoms with Crippen molar-refractivity contribution in [3.05, 3.63) is 67.6 Å². The van der Waals surface area contributed by atoms with Gasteiger partial charge in [-0.2, -0.15) is 0 Å². The zero-order chi connectivity index (χ0) is 18.1. The van der Waals surface area contributed by atoms with Crippen LogP contribution >= 0.6 is 66.3 Å². The summed E-state index contributed by atoms with van der Waals surface area (Å²) in [5, 5.41) is 12.1. The van der Waals surface area contributed by atoms with E-state index in [9.17, 15) is 0 Å². The quantitative estimate of drug-likeness (QED) is 0.251. The van der Waals surface area contributed by atoms with Gasteiger partial charge in [-0.05, 0) is 20.1 Å². The van der Waals surface area contributed by atoms with Gasteiger partial charge in [-0.1, -0.05) is 78.6 Å². The van der Waals surface area contributed by atoms with Crippen LogP contribution in [0.1, 0.15) is 0 Å². The number of halogens is 4. The molecule has 2 aliphatic carbocycles. The van der Waals surface area contributed by atoms with Gasteiger partial charge in [0.2, 0.25) is 0 Å². The Labute approximate surface area is 235 Å². The SMILES string of the molecule is Brc1ccc2c3[cH-]sc(Sc4c(Br)ccc5c6[cH-]scc-6cc45)c-3cc2c1.[Cl-].[Cl-].[Zr+4]. The molecule has 0 saturated carbocycles. The molecule has 0 radical (unpaired) electrons.